The summed E-state index contributed by atoms with van der Waals surface area (Å²) in [7, 11) is 2.74. The summed E-state index contributed by atoms with van der Waals surface area (Å²) in [6, 6.07) is 9.52. The van der Waals surface area contributed by atoms with E-state index in [1.165, 1.54) is 32.4 Å². The number of rotatable bonds is 8. The Morgan fingerprint density at radius 1 is 1.00 bits per heavy atom. The Balaban J connectivity index is 1.87. The topological polar surface area (TPSA) is 80.9 Å². The number of aromatic nitrogens is 1. The van der Waals surface area contributed by atoms with E-state index in [9.17, 15) is 27.2 Å². The van der Waals surface area contributed by atoms with Gasteiger partial charge in [0.15, 0.2) is 0 Å². The molecule has 0 saturated heterocycles. The number of hydrogen-bond acceptors (Lipinski definition) is 5. The second kappa shape index (κ2) is 10.0. The number of methoxy groups -OCH3 is 2. The first kappa shape index (κ1) is 28.1. The molecule has 2 heterocycles. The van der Waals surface area contributed by atoms with E-state index in [1.807, 2.05) is 0 Å². The van der Waals surface area contributed by atoms with Crippen molar-refractivity contribution in [3.63, 3.8) is 0 Å². The van der Waals surface area contributed by atoms with E-state index in [0.29, 0.717) is 27.1 Å². The van der Waals surface area contributed by atoms with E-state index in [-0.39, 0.29) is 23.4 Å². The van der Waals surface area contributed by atoms with Crippen molar-refractivity contribution in [2.45, 2.75) is 37.2 Å². The number of para-hydroxylation sites is 1. The highest BCUT2D eigenvalue weighted by molar-refractivity contribution is 5.91. The van der Waals surface area contributed by atoms with Gasteiger partial charge in [0.25, 0.3) is 0 Å². The first-order valence-corrected chi connectivity index (χ1v) is 11.8. The fraction of sp³-hybridized carbons (Fsp3) is 0.385. The maximum atomic E-state index is 15.1. The number of alkyl halides is 6. The molecule has 1 aliphatic heterocycles. The van der Waals surface area contributed by atoms with Gasteiger partial charge in [-0.1, -0.05) is 18.2 Å². The highest BCUT2D eigenvalue weighted by Gasteiger charge is 2.79. The van der Waals surface area contributed by atoms with Gasteiger partial charge in [0.2, 0.25) is 0 Å². The van der Waals surface area contributed by atoms with E-state index in [1.54, 1.807) is 24.3 Å². The van der Waals surface area contributed by atoms with Crippen LogP contribution in [-0.4, -0.2) is 66.9 Å². The lowest BCUT2D eigenvalue weighted by Crippen LogP contribution is -2.64. The fourth-order valence-electron chi connectivity index (χ4n) is 4.69. The van der Waals surface area contributed by atoms with Crippen LogP contribution in [0.3, 0.4) is 0 Å². The van der Waals surface area contributed by atoms with Crippen LogP contribution in [0.1, 0.15) is 29.8 Å². The Labute approximate surface area is 218 Å². The quantitative estimate of drug-likeness (QED) is 0.307. The second-order valence-electron chi connectivity index (χ2n) is 8.77. The molecule has 7 nitrogen and oxygen atoms in total. The molecule has 4 rings (SSSR count). The average Bonchev–Trinajstić information content (AvgIpc) is 3.29. The molecule has 0 bridgehead atoms. The first-order valence-electron chi connectivity index (χ1n) is 11.8. The number of aromatic amines is 1. The van der Waals surface area contributed by atoms with Gasteiger partial charge >= 0.3 is 29.6 Å². The Morgan fingerprint density at radius 2 is 1.69 bits per heavy atom. The molecule has 3 aromatic rings. The Bertz CT molecular complexity index is 1410. The van der Waals surface area contributed by atoms with Gasteiger partial charge in [-0.3, -0.25) is 4.79 Å². The summed E-state index contributed by atoms with van der Waals surface area (Å²) in [6.07, 6.45) is -0.0736. The molecule has 0 fully saturated rings. The summed E-state index contributed by atoms with van der Waals surface area (Å²) in [5.74, 6) is -23.2. The number of carbonyl (C=O) groups is 2. The molecule has 1 unspecified atom stereocenters. The molecule has 0 spiro atoms. The van der Waals surface area contributed by atoms with Crippen molar-refractivity contribution >= 4 is 22.8 Å². The number of ether oxygens (including phenoxy) is 3. The minimum absolute atomic E-state index is 0.0736. The third-order valence-electron chi connectivity index (χ3n) is 6.62. The van der Waals surface area contributed by atoms with Crippen molar-refractivity contribution in [3.8, 4) is 11.5 Å². The maximum Gasteiger partial charge on any atom is 0.411 e. The molecule has 1 N–H and O–H groups in total. The summed E-state index contributed by atoms with van der Waals surface area (Å²) in [4.78, 5) is 28.1. The van der Waals surface area contributed by atoms with Gasteiger partial charge in [-0.05, 0) is 43.2 Å². The van der Waals surface area contributed by atoms with Crippen LogP contribution in [0.15, 0.2) is 42.5 Å². The molecule has 13 heteroatoms. The Kier molecular flexibility index (Phi) is 7.21. The number of carbonyl (C=O) groups excluding carboxylic acids is 2. The van der Waals surface area contributed by atoms with E-state index >= 15 is 8.78 Å². The number of benzene rings is 2. The van der Waals surface area contributed by atoms with Crippen molar-refractivity contribution in [2.24, 2.45) is 0 Å². The summed E-state index contributed by atoms with van der Waals surface area (Å²) in [5, 5.41) is 0.641. The predicted octanol–water partition coefficient (Wildman–Crippen LogP) is 5.13. The Morgan fingerprint density at radius 3 is 2.33 bits per heavy atom. The lowest BCUT2D eigenvalue weighted by Gasteiger charge is -2.40. The largest absolute Gasteiger partial charge is 0.497 e. The third-order valence-corrected chi connectivity index (χ3v) is 6.62. The number of amides is 1. The van der Waals surface area contributed by atoms with Crippen LogP contribution in [0.2, 0.25) is 0 Å². The number of hydrogen-bond donors (Lipinski definition) is 1. The van der Waals surface area contributed by atoms with Crippen LogP contribution >= 0.6 is 0 Å². The van der Waals surface area contributed by atoms with Crippen molar-refractivity contribution < 1.29 is 50.1 Å². The SMILES string of the molecule is CCOC(=O)C(F)(F)C(F)(F)C(F)(F)C(=O)N1CCc2c([nH]c3ccc(OC)cc23)C1c1ccccc1OC. The van der Waals surface area contributed by atoms with E-state index in [2.05, 4.69) is 9.72 Å². The normalized spacial score (nSPS) is 16.1. The minimum atomic E-state index is -6.40. The van der Waals surface area contributed by atoms with Gasteiger partial charge in [-0.15, -0.1) is 0 Å². The van der Waals surface area contributed by atoms with Crippen molar-refractivity contribution in [3.05, 3.63) is 59.3 Å². The van der Waals surface area contributed by atoms with Crippen LogP contribution < -0.4 is 9.47 Å². The van der Waals surface area contributed by atoms with E-state index in [0.717, 1.165) is 6.92 Å². The summed E-state index contributed by atoms with van der Waals surface area (Å²) < 4.78 is 103. The van der Waals surface area contributed by atoms with Crippen LogP contribution in [-0.2, 0) is 20.7 Å². The van der Waals surface area contributed by atoms with Crippen LogP contribution in [0.25, 0.3) is 10.9 Å². The molecule has 1 aliphatic rings. The zero-order valence-electron chi connectivity index (χ0n) is 21.0. The second-order valence-corrected chi connectivity index (χ2v) is 8.77. The Hall–Kier alpha value is -3.90. The van der Waals surface area contributed by atoms with Crippen molar-refractivity contribution in [1.29, 1.82) is 0 Å². The molecule has 1 amide bonds. The molecule has 2 aromatic carbocycles. The molecule has 39 heavy (non-hydrogen) atoms. The van der Waals surface area contributed by atoms with E-state index in [4.69, 9.17) is 9.47 Å². The zero-order chi connectivity index (χ0) is 28.8. The van der Waals surface area contributed by atoms with Gasteiger partial charge in [-0.25, -0.2) is 4.79 Å². The molecule has 1 atom stereocenters. The maximum absolute atomic E-state index is 15.1. The number of halogens is 6. The highest BCUT2D eigenvalue weighted by atomic mass is 19.3. The lowest BCUT2D eigenvalue weighted by molar-refractivity contribution is -0.297. The summed E-state index contributed by atoms with van der Waals surface area (Å²) in [6.45, 7) is -0.260. The number of nitrogens with one attached hydrogen (secondary N) is 1. The highest BCUT2D eigenvalue weighted by Crippen LogP contribution is 2.50. The van der Waals surface area contributed by atoms with Gasteiger partial charge in [0.05, 0.1) is 20.8 Å². The number of nitrogens with zero attached hydrogens (tertiary/aromatic N) is 1. The van der Waals surface area contributed by atoms with Crippen molar-refractivity contribution in [2.75, 3.05) is 27.4 Å². The minimum Gasteiger partial charge on any atom is -0.497 e. The average molecular weight is 558 g/mol. The number of H-pyrrole nitrogens is 1. The monoisotopic (exact) mass is 558 g/mol. The predicted molar refractivity (Wildman–Crippen MR) is 127 cm³/mol. The van der Waals surface area contributed by atoms with E-state index < -0.39 is 48.8 Å². The molecule has 0 aliphatic carbocycles. The standard InChI is InChI=1S/C26H24F6N2O5/c1-4-39-23(36)25(29,30)26(31,32)24(27,28)22(35)34-12-11-15-17-13-14(37-2)9-10-18(17)33-20(15)21(34)16-7-5-6-8-19(16)38-3/h5-10,13,21,33H,4,11-12H2,1-3H3. The molecule has 210 valence electrons. The molecular formula is C26H24F6N2O5. The lowest BCUT2D eigenvalue weighted by atomic mass is 9.90. The number of fused-ring (bicyclic) bond motifs is 3. The van der Waals surface area contributed by atoms with Gasteiger partial charge in [-0.2, -0.15) is 26.3 Å². The summed E-state index contributed by atoms with van der Waals surface area (Å²) in [5.41, 5.74) is 1.49. The molecular weight excluding hydrogens is 534 g/mol. The van der Waals surface area contributed by atoms with Crippen molar-refractivity contribution in [1.82, 2.24) is 9.88 Å². The third kappa shape index (κ3) is 4.33. The smallest absolute Gasteiger partial charge is 0.411 e. The molecule has 1 aromatic heterocycles. The van der Waals surface area contributed by atoms with Gasteiger partial charge in [0.1, 0.15) is 17.5 Å². The first-order chi connectivity index (χ1) is 18.3. The number of esters is 1. The van der Waals surface area contributed by atoms with Crippen LogP contribution in [0.5, 0.6) is 11.5 Å². The molecule has 0 saturated carbocycles. The fourth-order valence-corrected chi connectivity index (χ4v) is 4.69. The van der Waals surface area contributed by atoms with Crippen LogP contribution in [0, 0.1) is 0 Å². The van der Waals surface area contributed by atoms with Gasteiger partial charge < -0.3 is 24.1 Å². The van der Waals surface area contributed by atoms with Crippen LogP contribution in [0.4, 0.5) is 26.3 Å². The zero-order valence-corrected chi connectivity index (χ0v) is 21.0. The molecule has 0 radical (unpaired) electrons. The van der Waals surface area contributed by atoms with Gasteiger partial charge in [0, 0.05) is 28.7 Å². The summed E-state index contributed by atoms with van der Waals surface area (Å²) >= 11 is 0.